The van der Waals surface area contributed by atoms with E-state index in [4.69, 9.17) is 12.2 Å². The van der Waals surface area contributed by atoms with E-state index in [9.17, 15) is 4.79 Å². The molecule has 0 bridgehead atoms. The van der Waals surface area contributed by atoms with E-state index >= 15 is 0 Å². The Kier molecular flexibility index (Phi) is 5.16. The number of rotatable bonds is 4. The summed E-state index contributed by atoms with van der Waals surface area (Å²) in [6.07, 6.45) is 6.59. The lowest BCUT2D eigenvalue weighted by atomic mass is 10.2. The van der Waals surface area contributed by atoms with Crippen LogP contribution in [0.2, 0.25) is 0 Å². The summed E-state index contributed by atoms with van der Waals surface area (Å²) in [7, 11) is 0. The molecule has 84 valence electrons. The molecule has 1 fully saturated rings. The molecule has 0 aromatic carbocycles. The number of carbonyl (C=O) groups excluding carboxylic acids is 1. The van der Waals surface area contributed by atoms with Gasteiger partial charge in [-0.3, -0.25) is 9.69 Å². The number of piperazine rings is 1. The van der Waals surface area contributed by atoms with E-state index in [1.807, 2.05) is 4.90 Å². The van der Waals surface area contributed by atoms with Gasteiger partial charge in [0.2, 0.25) is 5.91 Å². The molecule has 0 atom stereocenters. The zero-order chi connectivity index (χ0) is 11.1. The second-order valence-electron chi connectivity index (χ2n) is 3.75. The van der Waals surface area contributed by atoms with Gasteiger partial charge in [0.05, 0.1) is 6.54 Å². The highest BCUT2D eigenvalue weighted by Crippen LogP contribution is 2.04. The van der Waals surface area contributed by atoms with Gasteiger partial charge >= 0.3 is 0 Å². The summed E-state index contributed by atoms with van der Waals surface area (Å²) in [5.74, 6) is 2.84. The van der Waals surface area contributed by atoms with Crippen LogP contribution in [-0.2, 0) is 4.79 Å². The molecule has 4 nitrogen and oxygen atoms in total. The fourth-order valence-electron chi connectivity index (χ4n) is 1.70. The third-order valence-electron chi connectivity index (χ3n) is 2.63. The van der Waals surface area contributed by atoms with Crippen molar-refractivity contribution in [2.45, 2.75) is 12.8 Å². The van der Waals surface area contributed by atoms with E-state index in [0.717, 1.165) is 32.6 Å². The van der Waals surface area contributed by atoms with Crippen LogP contribution in [0.5, 0.6) is 0 Å². The molecule has 0 radical (unpaired) electrons. The van der Waals surface area contributed by atoms with Crippen molar-refractivity contribution in [3.63, 3.8) is 0 Å². The monoisotopic (exact) mass is 209 g/mol. The smallest absolute Gasteiger partial charge is 0.222 e. The number of hydrogen-bond acceptors (Lipinski definition) is 3. The van der Waals surface area contributed by atoms with Gasteiger partial charge in [-0.25, -0.2) is 0 Å². The van der Waals surface area contributed by atoms with Gasteiger partial charge in [0.1, 0.15) is 0 Å². The quantitative estimate of drug-likeness (QED) is 0.635. The Morgan fingerprint density at radius 1 is 1.33 bits per heavy atom. The molecule has 1 aliphatic heterocycles. The standard InChI is InChI=1S/C11H19N3O/c1-2-6-13-7-9-14(10-8-13)11(15)4-3-5-12/h1H,3-10,12H2. The van der Waals surface area contributed by atoms with E-state index in [0.29, 0.717) is 19.5 Å². The van der Waals surface area contributed by atoms with Gasteiger partial charge in [-0.2, -0.15) is 0 Å². The van der Waals surface area contributed by atoms with Gasteiger partial charge < -0.3 is 10.6 Å². The van der Waals surface area contributed by atoms with E-state index in [1.165, 1.54) is 0 Å². The Morgan fingerprint density at radius 2 is 2.00 bits per heavy atom. The Hall–Kier alpha value is -1.05. The van der Waals surface area contributed by atoms with Crippen LogP contribution < -0.4 is 5.73 Å². The number of terminal acetylenes is 1. The molecule has 0 unspecified atom stereocenters. The molecule has 0 aromatic heterocycles. The maximum Gasteiger partial charge on any atom is 0.222 e. The third kappa shape index (κ3) is 3.90. The molecule has 0 spiro atoms. The van der Waals surface area contributed by atoms with Crippen LogP contribution >= 0.6 is 0 Å². The van der Waals surface area contributed by atoms with Crippen LogP contribution in [0.3, 0.4) is 0 Å². The topological polar surface area (TPSA) is 49.6 Å². The Morgan fingerprint density at radius 3 is 2.53 bits per heavy atom. The minimum absolute atomic E-state index is 0.223. The molecular formula is C11H19N3O. The van der Waals surface area contributed by atoms with E-state index < -0.39 is 0 Å². The molecule has 2 N–H and O–H groups in total. The molecule has 0 saturated carbocycles. The lowest BCUT2D eigenvalue weighted by Crippen LogP contribution is -2.48. The molecule has 4 heteroatoms. The van der Waals surface area contributed by atoms with Gasteiger partial charge in [0.15, 0.2) is 0 Å². The highest BCUT2D eigenvalue weighted by molar-refractivity contribution is 5.76. The maximum absolute atomic E-state index is 11.6. The Balaban J connectivity index is 2.25. The molecule has 1 rings (SSSR count). The lowest BCUT2D eigenvalue weighted by Gasteiger charge is -2.33. The van der Waals surface area contributed by atoms with Crippen molar-refractivity contribution >= 4 is 5.91 Å². The van der Waals surface area contributed by atoms with Gasteiger partial charge in [-0.05, 0) is 13.0 Å². The third-order valence-corrected chi connectivity index (χ3v) is 2.63. The van der Waals surface area contributed by atoms with Crippen molar-refractivity contribution in [3.05, 3.63) is 0 Å². The Bertz CT molecular complexity index is 239. The SMILES string of the molecule is C#CCN1CCN(C(=O)CCCN)CC1. The highest BCUT2D eigenvalue weighted by atomic mass is 16.2. The van der Waals surface area contributed by atoms with Crippen LogP contribution in [0, 0.1) is 12.3 Å². The summed E-state index contributed by atoms with van der Waals surface area (Å²) < 4.78 is 0. The van der Waals surface area contributed by atoms with Crippen LogP contribution in [0.25, 0.3) is 0 Å². The molecule has 1 aliphatic rings. The number of carbonyl (C=O) groups is 1. The molecular weight excluding hydrogens is 190 g/mol. The number of nitrogens with two attached hydrogens (primary N) is 1. The molecule has 1 heterocycles. The second kappa shape index (κ2) is 6.44. The van der Waals surface area contributed by atoms with Crippen molar-refractivity contribution in [3.8, 4) is 12.3 Å². The zero-order valence-electron chi connectivity index (χ0n) is 9.11. The number of hydrogen-bond donors (Lipinski definition) is 1. The number of amides is 1. The first kappa shape index (κ1) is 12.0. The van der Waals surface area contributed by atoms with Gasteiger partial charge in [0, 0.05) is 32.6 Å². The lowest BCUT2D eigenvalue weighted by molar-refractivity contribution is -0.132. The fourth-order valence-corrected chi connectivity index (χ4v) is 1.70. The van der Waals surface area contributed by atoms with Crippen molar-refractivity contribution in [2.24, 2.45) is 5.73 Å². The molecule has 0 aliphatic carbocycles. The van der Waals surface area contributed by atoms with Crippen LogP contribution in [0.1, 0.15) is 12.8 Å². The van der Waals surface area contributed by atoms with E-state index in [2.05, 4.69) is 10.8 Å². The highest BCUT2D eigenvalue weighted by Gasteiger charge is 2.19. The van der Waals surface area contributed by atoms with Gasteiger partial charge in [-0.1, -0.05) is 5.92 Å². The second-order valence-corrected chi connectivity index (χ2v) is 3.75. The summed E-state index contributed by atoms with van der Waals surface area (Å²) in [5.41, 5.74) is 5.37. The van der Waals surface area contributed by atoms with Crippen molar-refractivity contribution in [1.29, 1.82) is 0 Å². The summed E-state index contributed by atoms with van der Waals surface area (Å²) in [6, 6.07) is 0. The first-order chi connectivity index (χ1) is 7.27. The van der Waals surface area contributed by atoms with Crippen molar-refractivity contribution < 1.29 is 4.79 Å². The zero-order valence-corrected chi connectivity index (χ0v) is 9.11. The molecule has 1 amide bonds. The first-order valence-electron chi connectivity index (χ1n) is 5.41. The predicted octanol–water partition coefficient (Wildman–Crippen LogP) is -0.497. The fraction of sp³-hybridized carbons (Fsp3) is 0.727. The van der Waals surface area contributed by atoms with E-state index in [1.54, 1.807) is 0 Å². The van der Waals surface area contributed by atoms with E-state index in [-0.39, 0.29) is 5.91 Å². The minimum atomic E-state index is 0.223. The summed E-state index contributed by atoms with van der Waals surface area (Å²) >= 11 is 0. The van der Waals surface area contributed by atoms with Gasteiger partial charge in [-0.15, -0.1) is 6.42 Å². The molecule has 15 heavy (non-hydrogen) atoms. The van der Waals surface area contributed by atoms with Crippen LogP contribution in [0.4, 0.5) is 0 Å². The minimum Gasteiger partial charge on any atom is -0.340 e. The summed E-state index contributed by atoms with van der Waals surface area (Å²) in [6.45, 7) is 4.64. The average molecular weight is 209 g/mol. The molecule has 0 aromatic rings. The summed E-state index contributed by atoms with van der Waals surface area (Å²) in [4.78, 5) is 15.7. The van der Waals surface area contributed by atoms with Crippen molar-refractivity contribution in [2.75, 3.05) is 39.3 Å². The normalized spacial score (nSPS) is 17.5. The first-order valence-corrected chi connectivity index (χ1v) is 5.41. The average Bonchev–Trinajstić information content (AvgIpc) is 2.27. The molecule has 1 saturated heterocycles. The number of nitrogens with zero attached hydrogens (tertiary/aromatic N) is 2. The Labute approximate surface area is 91.4 Å². The predicted molar refractivity (Wildman–Crippen MR) is 60.1 cm³/mol. The summed E-state index contributed by atoms with van der Waals surface area (Å²) in [5, 5.41) is 0. The maximum atomic E-state index is 11.6. The van der Waals surface area contributed by atoms with Gasteiger partial charge in [0.25, 0.3) is 0 Å². The van der Waals surface area contributed by atoms with Crippen molar-refractivity contribution in [1.82, 2.24) is 9.80 Å². The van der Waals surface area contributed by atoms with Crippen LogP contribution in [-0.4, -0.2) is 55.0 Å². The van der Waals surface area contributed by atoms with Crippen LogP contribution in [0.15, 0.2) is 0 Å². The largest absolute Gasteiger partial charge is 0.340 e.